The number of hydrogen-bond acceptors (Lipinski definition) is 6. The lowest BCUT2D eigenvalue weighted by molar-refractivity contribution is -0.142. The van der Waals surface area contributed by atoms with Crippen LogP contribution in [0.5, 0.6) is 5.75 Å². The number of hydrogen-bond donors (Lipinski definition) is 1. The maximum Gasteiger partial charge on any atom is 0.379 e. The van der Waals surface area contributed by atoms with Crippen LogP contribution in [0.15, 0.2) is 36.4 Å². The molecule has 0 radical (unpaired) electrons. The molecule has 1 aromatic carbocycles. The smallest absolute Gasteiger partial charge is 0.379 e. The van der Waals surface area contributed by atoms with Crippen LogP contribution in [-0.2, 0) is 4.79 Å². The van der Waals surface area contributed by atoms with E-state index in [9.17, 15) is 27.9 Å². The van der Waals surface area contributed by atoms with E-state index < -0.39 is 12.8 Å². The number of anilines is 1. The molecular weight excluding hydrogens is 537 g/mol. The number of ether oxygens (including phenoxy) is 1. The van der Waals surface area contributed by atoms with Crippen LogP contribution in [0.1, 0.15) is 59.8 Å². The van der Waals surface area contributed by atoms with Crippen molar-refractivity contribution in [2.24, 2.45) is 11.8 Å². The number of aryl methyl sites for hydroxylation is 1. The number of aliphatic hydroxyl groups is 1. The van der Waals surface area contributed by atoms with Gasteiger partial charge in [-0.25, -0.2) is 4.98 Å². The molecule has 11 heteroatoms. The maximum absolute atomic E-state index is 12.9. The minimum Gasteiger partial charge on any atom is -0.497 e. The van der Waals surface area contributed by atoms with Crippen LogP contribution in [0.4, 0.5) is 19.0 Å². The lowest BCUT2D eigenvalue weighted by atomic mass is 9.82. The lowest BCUT2D eigenvalue weighted by Gasteiger charge is -2.37. The first-order chi connectivity index (χ1) is 19.5. The molecule has 0 bridgehead atoms. The second kappa shape index (κ2) is 15.0. The zero-order chi connectivity index (χ0) is 30.1. The number of benzene rings is 1. The molecule has 2 aliphatic rings. The zero-order valence-corrected chi connectivity index (χ0v) is 24.2. The molecule has 0 spiro atoms. The topological polar surface area (TPSA) is 86.2 Å². The molecule has 1 aromatic heterocycles. The van der Waals surface area contributed by atoms with Gasteiger partial charge in [0.2, 0.25) is 0 Å². The van der Waals surface area contributed by atoms with E-state index in [2.05, 4.69) is 4.90 Å². The van der Waals surface area contributed by atoms with Gasteiger partial charge in [-0.05, 0) is 80.7 Å². The van der Waals surface area contributed by atoms with Gasteiger partial charge in [0.1, 0.15) is 11.6 Å². The quantitative estimate of drug-likeness (QED) is 0.505. The van der Waals surface area contributed by atoms with Crippen LogP contribution < -0.4 is 9.64 Å². The third-order valence-corrected chi connectivity index (χ3v) is 7.88. The molecule has 0 saturated carbocycles. The van der Waals surface area contributed by atoms with Gasteiger partial charge >= 0.3 is 6.68 Å². The zero-order valence-electron chi connectivity index (χ0n) is 24.2. The summed E-state index contributed by atoms with van der Waals surface area (Å²) in [5.41, 5.74) is 2.00. The Morgan fingerprint density at radius 3 is 2.15 bits per heavy atom. The predicted octanol–water partition coefficient (Wildman–Crippen LogP) is 4.86. The number of nitrogens with zero attached hydrogens (tertiary/aromatic N) is 4. The fraction of sp³-hybridized carbons (Fsp3) is 0.567. The molecule has 2 aliphatic heterocycles. The van der Waals surface area contributed by atoms with E-state index in [0.717, 1.165) is 50.3 Å². The third kappa shape index (κ3) is 9.08. The Kier molecular flexibility index (Phi) is 11.8. The molecule has 2 saturated heterocycles. The highest BCUT2D eigenvalue weighted by Gasteiger charge is 2.30. The summed E-state index contributed by atoms with van der Waals surface area (Å²) in [5.74, 6) is 2.65. The first-order valence-corrected chi connectivity index (χ1v) is 14.0. The molecule has 3 heterocycles. The number of rotatable bonds is 7. The molecule has 8 nitrogen and oxygen atoms in total. The summed E-state index contributed by atoms with van der Waals surface area (Å²) in [4.78, 5) is 35.6. The highest BCUT2D eigenvalue weighted by Crippen LogP contribution is 2.32. The Bertz CT molecular complexity index is 1150. The minimum absolute atomic E-state index is 0.0159. The van der Waals surface area contributed by atoms with Crippen molar-refractivity contribution < 1.29 is 32.6 Å². The van der Waals surface area contributed by atoms with E-state index in [0.29, 0.717) is 41.8 Å². The summed E-state index contributed by atoms with van der Waals surface area (Å²) in [5, 5.41) is 10.6. The number of carbonyl (C=O) groups excluding carboxylic acids is 2. The molecule has 1 atom stereocenters. The average molecular weight is 579 g/mol. The number of carbonyl (C=O) groups is 2. The van der Waals surface area contributed by atoms with Gasteiger partial charge in [0.15, 0.2) is 6.10 Å². The lowest BCUT2D eigenvalue weighted by Crippen LogP contribution is -2.42. The first kappa shape index (κ1) is 32.2. The Balaban J connectivity index is 0.00000108. The van der Waals surface area contributed by atoms with E-state index >= 15 is 0 Å². The summed E-state index contributed by atoms with van der Waals surface area (Å²) < 4.78 is 34.2. The number of amides is 2. The molecule has 0 unspecified atom stereocenters. The van der Waals surface area contributed by atoms with Gasteiger partial charge in [-0.1, -0.05) is 12.1 Å². The molecule has 226 valence electrons. The van der Waals surface area contributed by atoms with Crippen molar-refractivity contribution in [1.82, 2.24) is 14.8 Å². The van der Waals surface area contributed by atoms with Gasteiger partial charge in [-0.15, -0.1) is 0 Å². The normalized spacial score (nSPS) is 17.1. The summed E-state index contributed by atoms with van der Waals surface area (Å²) in [7, 11) is 5.09. The SMILES string of the molecule is COc1cccc([C@@H](O)C(=O)N2CCC(CC3CCN(c4ccc(C(=O)N(C)C)c(C)n4)CC3)CC2)c1.FC(F)F. The highest BCUT2D eigenvalue weighted by molar-refractivity contribution is 5.95. The van der Waals surface area contributed by atoms with E-state index in [4.69, 9.17) is 9.72 Å². The first-order valence-electron chi connectivity index (χ1n) is 14.0. The molecule has 2 amide bonds. The summed E-state index contributed by atoms with van der Waals surface area (Å²) in [6, 6.07) is 10.9. The highest BCUT2D eigenvalue weighted by atomic mass is 19.4. The van der Waals surface area contributed by atoms with E-state index in [1.165, 1.54) is 6.42 Å². The van der Waals surface area contributed by atoms with Gasteiger partial charge < -0.3 is 24.5 Å². The van der Waals surface area contributed by atoms with E-state index in [1.54, 1.807) is 50.4 Å². The second-order valence-corrected chi connectivity index (χ2v) is 10.9. The maximum atomic E-state index is 12.9. The monoisotopic (exact) mass is 578 g/mol. The van der Waals surface area contributed by atoms with Crippen molar-refractivity contribution in [1.29, 1.82) is 0 Å². The van der Waals surface area contributed by atoms with Crippen molar-refractivity contribution in [3.05, 3.63) is 53.2 Å². The summed E-state index contributed by atoms with van der Waals surface area (Å²) in [6.07, 6.45) is 4.28. The molecule has 41 heavy (non-hydrogen) atoms. The molecule has 2 fully saturated rings. The Morgan fingerprint density at radius 2 is 1.61 bits per heavy atom. The number of aromatic nitrogens is 1. The average Bonchev–Trinajstić information content (AvgIpc) is 2.96. The standard InChI is InChI=1S/C29H40N4O4.CHF3/c1-20-25(28(35)31(2)3)8-9-26(30-20)32-14-10-21(11-15-32)18-22-12-16-33(17-13-22)29(36)27(34)23-6-5-7-24(19-23)37-4;2-1(3)4/h5-9,19,21-22,27,34H,10-18H2,1-4H3;1H/t27-;/m1./s1. The number of methoxy groups -OCH3 is 1. The van der Waals surface area contributed by atoms with Gasteiger partial charge in [0, 0.05) is 40.3 Å². The number of aliphatic hydroxyl groups excluding tert-OH is 1. The van der Waals surface area contributed by atoms with Gasteiger partial charge in [0.25, 0.3) is 11.8 Å². The number of halogens is 3. The Labute approximate surface area is 240 Å². The molecular formula is C30H41F3N4O4. The van der Waals surface area contributed by atoms with Crippen molar-refractivity contribution in [2.45, 2.75) is 51.8 Å². The van der Waals surface area contributed by atoms with Gasteiger partial charge in [0.05, 0.1) is 18.4 Å². The number of piperidine rings is 2. The summed E-state index contributed by atoms with van der Waals surface area (Å²) in [6.45, 7) is 1.58. The molecule has 4 rings (SSSR count). The number of pyridine rings is 1. The van der Waals surface area contributed by atoms with E-state index in [-0.39, 0.29) is 11.8 Å². The minimum atomic E-state index is -3.67. The van der Waals surface area contributed by atoms with Crippen LogP contribution in [0.25, 0.3) is 0 Å². The number of alkyl halides is 3. The Hall–Kier alpha value is -3.34. The van der Waals surface area contributed by atoms with Crippen LogP contribution in [0, 0.1) is 18.8 Å². The molecule has 2 aromatic rings. The van der Waals surface area contributed by atoms with Crippen LogP contribution >= 0.6 is 0 Å². The van der Waals surface area contributed by atoms with Crippen molar-refractivity contribution in [3.8, 4) is 5.75 Å². The van der Waals surface area contributed by atoms with Crippen molar-refractivity contribution in [2.75, 3.05) is 52.3 Å². The van der Waals surface area contributed by atoms with Crippen LogP contribution in [0.3, 0.4) is 0 Å². The largest absolute Gasteiger partial charge is 0.497 e. The number of likely N-dealkylation sites (tertiary alicyclic amines) is 1. The molecule has 1 N–H and O–H groups in total. The summed E-state index contributed by atoms with van der Waals surface area (Å²) >= 11 is 0. The van der Waals surface area contributed by atoms with Crippen LogP contribution in [0.2, 0.25) is 0 Å². The third-order valence-electron chi connectivity index (χ3n) is 7.88. The Morgan fingerprint density at radius 1 is 1.02 bits per heavy atom. The predicted molar refractivity (Wildman–Crippen MR) is 151 cm³/mol. The fourth-order valence-electron chi connectivity index (χ4n) is 5.58. The fourth-order valence-corrected chi connectivity index (χ4v) is 5.58. The van der Waals surface area contributed by atoms with Crippen molar-refractivity contribution >= 4 is 17.6 Å². The van der Waals surface area contributed by atoms with Gasteiger partial charge in [-0.2, -0.15) is 13.2 Å². The second-order valence-electron chi connectivity index (χ2n) is 10.9. The van der Waals surface area contributed by atoms with Crippen molar-refractivity contribution in [3.63, 3.8) is 0 Å². The van der Waals surface area contributed by atoms with E-state index in [1.807, 2.05) is 24.0 Å². The van der Waals surface area contributed by atoms with Crippen LogP contribution in [-0.4, -0.2) is 85.8 Å². The van der Waals surface area contributed by atoms with Gasteiger partial charge in [-0.3, -0.25) is 9.59 Å². The molecule has 0 aliphatic carbocycles.